The van der Waals surface area contributed by atoms with Gasteiger partial charge in [0.25, 0.3) is 0 Å². The highest BCUT2D eigenvalue weighted by Crippen LogP contribution is 2.20. The molecule has 2 aromatic rings. The van der Waals surface area contributed by atoms with Crippen LogP contribution in [0.25, 0.3) is 0 Å². The summed E-state index contributed by atoms with van der Waals surface area (Å²) in [5.41, 5.74) is 7.94. The molecule has 0 atom stereocenters. The number of rotatable bonds is 3. The van der Waals surface area contributed by atoms with E-state index in [1.807, 2.05) is 19.1 Å². The van der Waals surface area contributed by atoms with Gasteiger partial charge in [-0.2, -0.15) is 0 Å². The molecule has 2 rings (SSSR count). The van der Waals surface area contributed by atoms with E-state index < -0.39 is 5.97 Å². The van der Waals surface area contributed by atoms with Crippen molar-refractivity contribution in [1.29, 1.82) is 0 Å². The predicted molar refractivity (Wildman–Crippen MR) is 74.0 cm³/mol. The SMILES string of the molecule is Cc1cccc(COC(=O)c2ccc(Cl)c(N)c2)n1. The van der Waals surface area contributed by atoms with Crippen LogP contribution < -0.4 is 5.73 Å². The highest BCUT2D eigenvalue weighted by Gasteiger charge is 2.09. The number of nitrogens with zero attached hydrogens (tertiary/aromatic N) is 1. The summed E-state index contributed by atoms with van der Waals surface area (Å²) in [5, 5.41) is 0.414. The molecule has 0 bridgehead atoms. The van der Waals surface area contributed by atoms with Crippen molar-refractivity contribution in [3.63, 3.8) is 0 Å². The van der Waals surface area contributed by atoms with Crippen molar-refractivity contribution in [3.05, 3.63) is 58.4 Å². The summed E-state index contributed by atoms with van der Waals surface area (Å²) in [7, 11) is 0. The molecule has 0 spiro atoms. The molecular formula is C14H13ClN2O2. The summed E-state index contributed by atoms with van der Waals surface area (Å²) < 4.78 is 5.16. The Kier molecular flexibility index (Phi) is 4.02. The Morgan fingerprint density at radius 1 is 1.37 bits per heavy atom. The molecule has 2 N–H and O–H groups in total. The summed E-state index contributed by atoms with van der Waals surface area (Å²) in [4.78, 5) is 16.1. The van der Waals surface area contributed by atoms with E-state index in [1.165, 1.54) is 6.07 Å². The molecule has 0 unspecified atom stereocenters. The number of aryl methyl sites for hydroxylation is 1. The molecule has 1 heterocycles. The van der Waals surface area contributed by atoms with Crippen molar-refractivity contribution in [2.45, 2.75) is 13.5 Å². The van der Waals surface area contributed by atoms with Crippen LogP contribution in [0.2, 0.25) is 5.02 Å². The molecule has 0 aliphatic carbocycles. The Morgan fingerprint density at radius 2 is 2.16 bits per heavy atom. The molecule has 0 saturated heterocycles. The number of anilines is 1. The number of pyridine rings is 1. The number of hydrogen-bond donors (Lipinski definition) is 1. The molecule has 0 saturated carbocycles. The second-order valence-corrected chi connectivity index (χ2v) is 4.49. The lowest BCUT2D eigenvalue weighted by Gasteiger charge is -2.06. The van der Waals surface area contributed by atoms with Crippen LogP contribution in [0.3, 0.4) is 0 Å². The molecule has 1 aromatic carbocycles. The number of benzene rings is 1. The molecule has 1 aromatic heterocycles. The quantitative estimate of drug-likeness (QED) is 0.691. The Morgan fingerprint density at radius 3 is 2.84 bits per heavy atom. The van der Waals surface area contributed by atoms with Gasteiger partial charge in [0.2, 0.25) is 0 Å². The molecule has 0 aliphatic heterocycles. The Bertz CT molecular complexity index is 614. The van der Waals surface area contributed by atoms with Crippen molar-refractivity contribution in [2.75, 3.05) is 5.73 Å². The van der Waals surface area contributed by atoms with Gasteiger partial charge in [-0.15, -0.1) is 0 Å². The van der Waals surface area contributed by atoms with Gasteiger partial charge in [-0.3, -0.25) is 4.98 Å². The average Bonchev–Trinajstić information content (AvgIpc) is 2.39. The van der Waals surface area contributed by atoms with Crippen LogP contribution in [0, 0.1) is 6.92 Å². The van der Waals surface area contributed by atoms with Crippen LogP contribution in [0.5, 0.6) is 0 Å². The number of hydrogen-bond acceptors (Lipinski definition) is 4. The van der Waals surface area contributed by atoms with Gasteiger partial charge in [0.1, 0.15) is 6.61 Å². The molecule has 0 amide bonds. The first-order chi connectivity index (χ1) is 9.06. The molecule has 5 heteroatoms. The smallest absolute Gasteiger partial charge is 0.338 e. The third-order valence-corrected chi connectivity index (χ3v) is 2.87. The minimum atomic E-state index is -0.452. The lowest BCUT2D eigenvalue weighted by molar-refractivity contribution is 0.0467. The zero-order chi connectivity index (χ0) is 13.8. The fraction of sp³-hybridized carbons (Fsp3) is 0.143. The fourth-order valence-electron chi connectivity index (χ4n) is 1.57. The summed E-state index contributed by atoms with van der Waals surface area (Å²) >= 11 is 5.79. The van der Waals surface area contributed by atoms with Crippen molar-refractivity contribution in [3.8, 4) is 0 Å². The number of carbonyl (C=O) groups is 1. The molecule has 0 fully saturated rings. The van der Waals surface area contributed by atoms with Crippen LogP contribution >= 0.6 is 11.6 Å². The first kappa shape index (κ1) is 13.4. The summed E-state index contributed by atoms with van der Waals surface area (Å²) in [6, 6.07) is 10.2. The highest BCUT2D eigenvalue weighted by atomic mass is 35.5. The maximum atomic E-state index is 11.8. The van der Waals surface area contributed by atoms with Crippen LogP contribution in [0.4, 0.5) is 5.69 Å². The van der Waals surface area contributed by atoms with Crippen molar-refractivity contribution >= 4 is 23.3 Å². The minimum absolute atomic E-state index is 0.128. The minimum Gasteiger partial charge on any atom is -0.456 e. The Labute approximate surface area is 116 Å². The van der Waals surface area contributed by atoms with Gasteiger partial charge < -0.3 is 10.5 Å². The fourth-order valence-corrected chi connectivity index (χ4v) is 1.69. The van der Waals surface area contributed by atoms with Crippen molar-refractivity contribution in [1.82, 2.24) is 4.98 Å². The Balaban J connectivity index is 2.03. The number of nitrogen functional groups attached to an aromatic ring is 1. The number of aromatic nitrogens is 1. The van der Waals surface area contributed by atoms with E-state index in [1.54, 1.807) is 18.2 Å². The molecule has 19 heavy (non-hydrogen) atoms. The topological polar surface area (TPSA) is 65.2 Å². The average molecular weight is 277 g/mol. The van der Waals surface area contributed by atoms with Gasteiger partial charge in [-0.05, 0) is 37.3 Å². The zero-order valence-electron chi connectivity index (χ0n) is 10.4. The predicted octanol–water partition coefficient (Wildman–Crippen LogP) is 2.98. The second kappa shape index (κ2) is 5.71. The highest BCUT2D eigenvalue weighted by molar-refractivity contribution is 6.33. The summed E-state index contributed by atoms with van der Waals surface area (Å²) in [5.74, 6) is -0.452. The number of carbonyl (C=O) groups excluding carboxylic acids is 1. The summed E-state index contributed by atoms with van der Waals surface area (Å²) in [6.45, 7) is 2.01. The number of esters is 1. The van der Waals surface area contributed by atoms with Gasteiger partial charge in [0.05, 0.1) is 22.0 Å². The van der Waals surface area contributed by atoms with E-state index in [9.17, 15) is 4.79 Å². The van der Waals surface area contributed by atoms with Crippen LogP contribution in [0.15, 0.2) is 36.4 Å². The van der Waals surface area contributed by atoms with Crippen molar-refractivity contribution in [2.24, 2.45) is 0 Å². The van der Waals surface area contributed by atoms with Crippen LogP contribution in [-0.4, -0.2) is 11.0 Å². The van der Waals surface area contributed by atoms with Gasteiger partial charge in [0.15, 0.2) is 0 Å². The lowest BCUT2D eigenvalue weighted by Crippen LogP contribution is -2.07. The number of ether oxygens (including phenoxy) is 1. The monoisotopic (exact) mass is 276 g/mol. The second-order valence-electron chi connectivity index (χ2n) is 4.08. The zero-order valence-corrected chi connectivity index (χ0v) is 11.1. The van der Waals surface area contributed by atoms with E-state index in [-0.39, 0.29) is 6.61 Å². The van der Waals surface area contributed by atoms with E-state index in [2.05, 4.69) is 4.98 Å². The van der Waals surface area contributed by atoms with E-state index in [4.69, 9.17) is 22.1 Å². The first-order valence-electron chi connectivity index (χ1n) is 5.71. The third-order valence-electron chi connectivity index (χ3n) is 2.53. The molecule has 0 radical (unpaired) electrons. The summed E-state index contributed by atoms with van der Waals surface area (Å²) in [6.07, 6.45) is 0. The maximum absolute atomic E-state index is 11.8. The van der Waals surface area contributed by atoms with Crippen molar-refractivity contribution < 1.29 is 9.53 Å². The molecule has 4 nitrogen and oxygen atoms in total. The standard InChI is InChI=1S/C14H13ClN2O2/c1-9-3-2-4-11(17-9)8-19-14(18)10-5-6-12(15)13(16)7-10/h2-7H,8,16H2,1H3. The Hall–Kier alpha value is -2.07. The van der Waals surface area contributed by atoms with Gasteiger partial charge in [0, 0.05) is 5.69 Å². The molecular weight excluding hydrogens is 264 g/mol. The lowest BCUT2D eigenvalue weighted by atomic mass is 10.2. The van der Waals surface area contributed by atoms with Crippen LogP contribution in [-0.2, 0) is 11.3 Å². The van der Waals surface area contributed by atoms with Crippen LogP contribution in [0.1, 0.15) is 21.7 Å². The van der Waals surface area contributed by atoms with Gasteiger partial charge >= 0.3 is 5.97 Å². The maximum Gasteiger partial charge on any atom is 0.338 e. The van der Waals surface area contributed by atoms with Gasteiger partial charge in [-0.1, -0.05) is 17.7 Å². The molecule has 0 aliphatic rings. The van der Waals surface area contributed by atoms with E-state index in [0.717, 1.165) is 5.69 Å². The number of halogens is 1. The molecule has 98 valence electrons. The number of nitrogens with two attached hydrogens (primary N) is 1. The van der Waals surface area contributed by atoms with Gasteiger partial charge in [-0.25, -0.2) is 4.79 Å². The first-order valence-corrected chi connectivity index (χ1v) is 6.09. The normalized spacial score (nSPS) is 10.2. The van der Waals surface area contributed by atoms with E-state index in [0.29, 0.717) is 22.0 Å². The van der Waals surface area contributed by atoms with E-state index >= 15 is 0 Å². The third kappa shape index (κ3) is 3.45. The largest absolute Gasteiger partial charge is 0.456 e.